The Labute approximate surface area is 142 Å². The Morgan fingerprint density at radius 1 is 1.43 bits per heavy atom. The van der Waals surface area contributed by atoms with Crippen LogP contribution in [-0.2, 0) is 19.6 Å². The van der Waals surface area contributed by atoms with Crippen LogP contribution in [0.15, 0.2) is 18.2 Å². The molecule has 0 aromatic heterocycles. The summed E-state index contributed by atoms with van der Waals surface area (Å²) in [5.41, 5.74) is 1.12. The zero-order valence-electron chi connectivity index (χ0n) is 13.8. The first-order valence-electron chi connectivity index (χ1n) is 7.20. The fourth-order valence-corrected chi connectivity index (χ4v) is 3.57. The Morgan fingerprint density at radius 2 is 2.09 bits per heavy atom. The van der Waals surface area contributed by atoms with Crippen molar-refractivity contribution in [1.82, 2.24) is 5.32 Å². The zero-order chi connectivity index (χ0) is 17.6. The molecule has 1 rings (SSSR count). The van der Waals surface area contributed by atoms with Gasteiger partial charge in [0.2, 0.25) is 15.9 Å². The highest BCUT2D eigenvalue weighted by Crippen LogP contribution is 2.28. The van der Waals surface area contributed by atoms with Crippen molar-refractivity contribution in [1.29, 1.82) is 0 Å². The number of nitrogens with one attached hydrogen (secondary N) is 1. The predicted molar refractivity (Wildman–Crippen MR) is 92.5 cm³/mol. The molecule has 0 spiro atoms. The van der Waals surface area contributed by atoms with Crippen molar-refractivity contribution < 1.29 is 17.9 Å². The minimum absolute atomic E-state index is 0.370. The number of methoxy groups -OCH3 is 1. The van der Waals surface area contributed by atoms with Crippen molar-refractivity contribution in [2.24, 2.45) is 0 Å². The number of carbonyl (C=O) groups excluding carboxylic acids is 1. The first-order chi connectivity index (χ1) is 10.7. The summed E-state index contributed by atoms with van der Waals surface area (Å²) in [6.45, 7) is 4.26. The smallest absolute Gasteiger partial charge is 0.243 e. The SMILES string of the molecule is COCCCNC(=O)[C@H](C)N(c1cc(Cl)ccc1C)S(C)(=O)=O. The third kappa shape index (κ3) is 5.67. The summed E-state index contributed by atoms with van der Waals surface area (Å²) < 4.78 is 30.4. The van der Waals surface area contributed by atoms with E-state index in [4.69, 9.17) is 16.3 Å². The molecular weight excluding hydrogens is 340 g/mol. The van der Waals surface area contributed by atoms with Crippen LogP contribution in [0, 0.1) is 6.92 Å². The summed E-state index contributed by atoms with van der Waals surface area (Å²) in [7, 11) is -2.07. The highest BCUT2D eigenvalue weighted by molar-refractivity contribution is 7.92. The summed E-state index contributed by atoms with van der Waals surface area (Å²) >= 11 is 5.98. The number of hydrogen-bond donors (Lipinski definition) is 1. The van der Waals surface area contributed by atoms with E-state index in [2.05, 4.69) is 5.32 Å². The van der Waals surface area contributed by atoms with E-state index in [9.17, 15) is 13.2 Å². The highest BCUT2D eigenvalue weighted by atomic mass is 35.5. The largest absolute Gasteiger partial charge is 0.385 e. The van der Waals surface area contributed by atoms with E-state index >= 15 is 0 Å². The van der Waals surface area contributed by atoms with Crippen LogP contribution < -0.4 is 9.62 Å². The van der Waals surface area contributed by atoms with E-state index in [1.54, 1.807) is 39.2 Å². The lowest BCUT2D eigenvalue weighted by molar-refractivity contribution is -0.121. The third-order valence-electron chi connectivity index (χ3n) is 3.32. The van der Waals surface area contributed by atoms with Crippen LogP contribution in [-0.4, -0.2) is 46.9 Å². The average molecular weight is 363 g/mol. The fraction of sp³-hybridized carbons (Fsp3) is 0.533. The highest BCUT2D eigenvalue weighted by Gasteiger charge is 2.30. The predicted octanol–water partition coefficient (Wildman–Crippen LogP) is 1.96. The van der Waals surface area contributed by atoms with E-state index in [0.717, 1.165) is 16.1 Å². The van der Waals surface area contributed by atoms with Crippen molar-refractivity contribution >= 4 is 33.2 Å². The van der Waals surface area contributed by atoms with E-state index in [0.29, 0.717) is 30.3 Å². The van der Waals surface area contributed by atoms with Gasteiger partial charge in [-0.2, -0.15) is 0 Å². The standard InChI is InChI=1S/C15H23ClN2O4S/c1-11-6-7-13(16)10-14(11)18(23(4,20)21)12(2)15(19)17-8-5-9-22-3/h6-7,10,12H,5,8-9H2,1-4H3,(H,17,19)/t12-/m0/s1. The number of ether oxygens (including phenoxy) is 1. The molecule has 0 aliphatic carbocycles. The molecule has 0 bridgehead atoms. The molecule has 8 heteroatoms. The number of anilines is 1. The lowest BCUT2D eigenvalue weighted by atomic mass is 10.2. The number of carbonyl (C=O) groups is 1. The maximum Gasteiger partial charge on any atom is 0.243 e. The summed E-state index contributed by atoms with van der Waals surface area (Å²) in [5, 5.41) is 3.12. The van der Waals surface area contributed by atoms with Gasteiger partial charge in [-0.3, -0.25) is 9.10 Å². The van der Waals surface area contributed by atoms with E-state index in [1.165, 1.54) is 0 Å². The van der Waals surface area contributed by atoms with Gasteiger partial charge in [-0.15, -0.1) is 0 Å². The normalized spacial score (nSPS) is 12.7. The second kappa shape index (κ2) is 8.52. The lowest BCUT2D eigenvalue weighted by Gasteiger charge is -2.29. The van der Waals surface area contributed by atoms with Gasteiger partial charge in [0.1, 0.15) is 6.04 Å². The Morgan fingerprint density at radius 3 is 2.65 bits per heavy atom. The van der Waals surface area contributed by atoms with E-state index in [-0.39, 0.29) is 5.91 Å². The van der Waals surface area contributed by atoms with Gasteiger partial charge in [0.25, 0.3) is 0 Å². The van der Waals surface area contributed by atoms with Crippen molar-refractivity contribution in [2.75, 3.05) is 30.8 Å². The molecule has 1 aromatic rings. The molecule has 0 aliphatic rings. The summed E-state index contributed by atoms with van der Waals surface area (Å²) in [6, 6.07) is 4.06. The molecule has 0 saturated carbocycles. The maximum absolute atomic E-state index is 12.3. The third-order valence-corrected chi connectivity index (χ3v) is 4.78. The Hall–Kier alpha value is -1.31. The second-order valence-corrected chi connectivity index (χ2v) is 7.60. The van der Waals surface area contributed by atoms with Gasteiger partial charge in [0, 0.05) is 25.3 Å². The first-order valence-corrected chi connectivity index (χ1v) is 9.43. The zero-order valence-corrected chi connectivity index (χ0v) is 15.4. The fourth-order valence-electron chi connectivity index (χ4n) is 2.18. The molecule has 0 fully saturated rings. The minimum atomic E-state index is -3.65. The quantitative estimate of drug-likeness (QED) is 0.717. The molecular formula is C15H23ClN2O4S. The van der Waals surface area contributed by atoms with E-state index < -0.39 is 16.1 Å². The number of rotatable bonds is 8. The van der Waals surface area contributed by atoms with Crippen LogP contribution in [0.1, 0.15) is 18.9 Å². The van der Waals surface area contributed by atoms with Crippen LogP contribution in [0.25, 0.3) is 0 Å². The molecule has 1 atom stereocenters. The van der Waals surface area contributed by atoms with Gasteiger partial charge in [-0.1, -0.05) is 17.7 Å². The second-order valence-electron chi connectivity index (χ2n) is 5.30. The van der Waals surface area contributed by atoms with E-state index in [1.807, 2.05) is 0 Å². The number of halogens is 1. The molecule has 0 saturated heterocycles. The Kier molecular flexibility index (Phi) is 7.31. The van der Waals surface area contributed by atoms with Crippen LogP contribution in [0.3, 0.4) is 0 Å². The van der Waals surface area contributed by atoms with Crippen molar-refractivity contribution in [3.05, 3.63) is 28.8 Å². The molecule has 0 heterocycles. The Balaban J connectivity index is 3.03. The molecule has 1 aromatic carbocycles. The molecule has 1 amide bonds. The molecule has 0 radical (unpaired) electrons. The maximum atomic E-state index is 12.3. The summed E-state index contributed by atoms with van der Waals surface area (Å²) in [4.78, 5) is 12.3. The number of benzene rings is 1. The van der Waals surface area contributed by atoms with Gasteiger partial charge in [-0.05, 0) is 38.0 Å². The summed E-state index contributed by atoms with van der Waals surface area (Å²) in [5.74, 6) is -0.370. The number of hydrogen-bond acceptors (Lipinski definition) is 4. The van der Waals surface area contributed by atoms with Crippen LogP contribution >= 0.6 is 11.6 Å². The molecule has 130 valence electrons. The van der Waals surface area contributed by atoms with Crippen LogP contribution in [0.2, 0.25) is 5.02 Å². The van der Waals surface area contributed by atoms with Gasteiger partial charge >= 0.3 is 0 Å². The van der Waals surface area contributed by atoms with Gasteiger partial charge in [0.05, 0.1) is 11.9 Å². The van der Waals surface area contributed by atoms with Gasteiger partial charge < -0.3 is 10.1 Å². The van der Waals surface area contributed by atoms with Crippen molar-refractivity contribution in [3.63, 3.8) is 0 Å². The number of sulfonamides is 1. The summed E-state index contributed by atoms with van der Waals surface area (Å²) in [6.07, 6.45) is 1.73. The molecule has 6 nitrogen and oxygen atoms in total. The minimum Gasteiger partial charge on any atom is -0.385 e. The number of aryl methyl sites for hydroxylation is 1. The number of nitrogens with zero attached hydrogens (tertiary/aromatic N) is 1. The van der Waals surface area contributed by atoms with Gasteiger partial charge in [-0.25, -0.2) is 8.42 Å². The Bertz CT molecular complexity index is 649. The topological polar surface area (TPSA) is 75.7 Å². The monoisotopic (exact) mass is 362 g/mol. The molecule has 1 N–H and O–H groups in total. The van der Waals surface area contributed by atoms with Crippen molar-refractivity contribution in [3.8, 4) is 0 Å². The number of amides is 1. The van der Waals surface area contributed by atoms with Gasteiger partial charge in [0.15, 0.2) is 0 Å². The molecule has 0 aliphatic heterocycles. The van der Waals surface area contributed by atoms with Crippen LogP contribution in [0.4, 0.5) is 5.69 Å². The average Bonchev–Trinajstić information content (AvgIpc) is 2.45. The lowest BCUT2D eigenvalue weighted by Crippen LogP contribution is -2.48. The van der Waals surface area contributed by atoms with Crippen molar-refractivity contribution in [2.45, 2.75) is 26.3 Å². The molecule has 0 unspecified atom stereocenters. The molecule has 23 heavy (non-hydrogen) atoms. The van der Waals surface area contributed by atoms with Crippen LogP contribution in [0.5, 0.6) is 0 Å². The first kappa shape index (κ1) is 19.7.